The SMILES string of the molecule is CSCCC(C)(C)OCC(C)(C)Cn1cc(S(=O)(=O)N2CC[C@H](NC(=O)OC(C)(C)C)C2)c2c[c]([Al])ccc2c1=O. The number of carbonyl (C=O) groups excluding carboxylic acids is 1. The standard InChI is InChI=1S/C29H44N3O6S2.Al/c1-27(2,3)38-26(34)30-21-13-15-32(17-21)40(35,36)24-18-31(25(33)23-12-10-9-11-22(23)24)19-28(4,5)20-37-29(6,7)14-16-39-8;/h10-12,18,21H,13-17,19-20H2,1-8H3,(H,30,34);/t21-;/m0./s1. The second kappa shape index (κ2) is 13.0. The summed E-state index contributed by atoms with van der Waals surface area (Å²) in [6.45, 7) is 14.5. The number of ether oxygens (including phenoxy) is 2. The van der Waals surface area contributed by atoms with E-state index in [1.54, 1.807) is 50.7 Å². The van der Waals surface area contributed by atoms with Crippen molar-refractivity contribution in [2.45, 2.75) is 90.0 Å². The minimum Gasteiger partial charge on any atom is -0.444 e. The number of thioether (sulfide) groups is 1. The Morgan fingerprint density at radius 2 is 1.83 bits per heavy atom. The van der Waals surface area contributed by atoms with Crippen molar-refractivity contribution in [1.29, 1.82) is 0 Å². The Morgan fingerprint density at radius 1 is 1.15 bits per heavy atom. The maximum Gasteiger partial charge on any atom is 0.407 e. The topological polar surface area (TPSA) is 107 Å². The molecule has 9 nitrogen and oxygen atoms in total. The van der Waals surface area contributed by atoms with Crippen LogP contribution < -0.4 is 15.3 Å². The number of fused-ring (bicyclic) bond motifs is 1. The van der Waals surface area contributed by atoms with Crippen molar-refractivity contribution >= 4 is 59.4 Å². The zero-order valence-corrected chi connectivity index (χ0v) is 28.4. The van der Waals surface area contributed by atoms with Crippen LogP contribution >= 0.6 is 11.8 Å². The number of amides is 1. The lowest BCUT2D eigenvalue weighted by Gasteiger charge is -2.32. The van der Waals surface area contributed by atoms with E-state index < -0.39 is 27.1 Å². The van der Waals surface area contributed by atoms with E-state index >= 15 is 0 Å². The molecule has 1 N–H and O–H groups in total. The van der Waals surface area contributed by atoms with Gasteiger partial charge in [-0.2, -0.15) is 16.1 Å². The van der Waals surface area contributed by atoms with E-state index in [-0.39, 0.29) is 41.7 Å². The first kappa shape index (κ1) is 33.9. The van der Waals surface area contributed by atoms with E-state index in [1.165, 1.54) is 15.1 Å². The summed E-state index contributed by atoms with van der Waals surface area (Å²) < 4.78 is 43.3. The quantitative estimate of drug-likeness (QED) is 0.382. The van der Waals surface area contributed by atoms with Gasteiger partial charge < -0.3 is 19.4 Å². The van der Waals surface area contributed by atoms with Crippen molar-refractivity contribution in [3.05, 3.63) is 34.7 Å². The molecule has 1 aromatic carbocycles. The van der Waals surface area contributed by atoms with Crippen LogP contribution in [0.4, 0.5) is 4.79 Å². The summed E-state index contributed by atoms with van der Waals surface area (Å²) in [6.07, 6.45) is 4.33. The molecule has 0 unspecified atom stereocenters. The first-order valence-corrected chi connectivity index (χ1v) is 17.3. The third-order valence-electron chi connectivity index (χ3n) is 6.92. The van der Waals surface area contributed by atoms with Crippen LogP contribution in [-0.4, -0.2) is 88.6 Å². The van der Waals surface area contributed by atoms with Gasteiger partial charge in [0, 0.05) is 48.1 Å². The molecule has 41 heavy (non-hydrogen) atoms. The summed E-state index contributed by atoms with van der Waals surface area (Å²) in [7, 11) is -3.99. The van der Waals surface area contributed by atoms with Gasteiger partial charge in [0.2, 0.25) is 10.0 Å². The smallest absolute Gasteiger partial charge is 0.407 e. The van der Waals surface area contributed by atoms with Gasteiger partial charge >= 0.3 is 6.09 Å². The number of hydrogen-bond acceptors (Lipinski definition) is 7. The van der Waals surface area contributed by atoms with Crippen LogP contribution in [0.1, 0.15) is 61.3 Å². The largest absolute Gasteiger partial charge is 0.444 e. The summed E-state index contributed by atoms with van der Waals surface area (Å²) in [5.41, 5.74) is -1.64. The Morgan fingerprint density at radius 3 is 2.46 bits per heavy atom. The van der Waals surface area contributed by atoms with Gasteiger partial charge in [0.15, 0.2) is 16.3 Å². The highest BCUT2D eigenvalue weighted by Crippen LogP contribution is 2.29. The fraction of sp³-hybridized carbons (Fsp3) is 0.655. The molecule has 1 amide bonds. The number of nitrogens with one attached hydrogen (secondary N) is 1. The van der Waals surface area contributed by atoms with Gasteiger partial charge in [0.1, 0.15) is 10.5 Å². The van der Waals surface area contributed by atoms with Gasteiger partial charge in [-0.3, -0.25) is 4.79 Å². The average Bonchev–Trinajstić information content (AvgIpc) is 3.31. The monoisotopic (exact) mass is 621 g/mol. The Hall–Kier alpha value is -1.55. The van der Waals surface area contributed by atoms with E-state index in [2.05, 4.69) is 41.7 Å². The van der Waals surface area contributed by atoms with Gasteiger partial charge in [0.25, 0.3) is 5.56 Å². The normalized spacial score (nSPS) is 17.2. The predicted octanol–water partition coefficient (Wildman–Crippen LogP) is 3.66. The Labute approximate surface area is 257 Å². The molecule has 12 heteroatoms. The molecular weight excluding hydrogens is 577 g/mol. The van der Waals surface area contributed by atoms with Crippen molar-refractivity contribution in [3.63, 3.8) is 0 Å². The number of pyridine rings is 1. The number of nitrogens with zero attached hydrogens (tertiary/aromatic N) is 2. The maximum absolute atomic E-state index is 14.0. The molecule has 1 aromatic heterocycles. The molecule has 2 radical (unpaired) electrons. The molecule has 1 saturated heterocycles. The van der Waals surface area contributed by atoms with Crippen LogP contribution in [0.15, 0.2) is 34.1 Å². The second-order valence-corrected chi connectivity index (χ2v) is 16.7. The van der Waals surface area contributed by atoms with E-state index in [9.17, 15) is 18.0 Å². The van der Waals surface area contributed by atoms with Crippen LogP contribution in [-0.2, 0) is 26.0 Å². The van der Waals surface area contributed by atoms with Gasteiger partial charge in [-0.05, 0) is 59.5 Å². The number of carbonyl (C=O) groups is 1. The van der Waals surface area contributed by atoms with Gasteiger partial charge in [-0.15, -0.1) is 4.43 Å². The molecule has 0 spiro atoms. The lowest BCUT2D eigenvalue weighted by Crippen LogP contribution is -2.41. The Kier molecular flexibility index (Phi) is 10.8. The summed E-state index contributed by atoms with van der Waals surface area (Å²) in [6, 6.07) is 4.81. The third-order valence-corrected chi connectivity index (χ3v) is 9.79. The third kappa shape index (κ3) is 9.22. The molecule has 1 fully saturated rings. The molecule has 0 bridgehead atoms. The van der Waals surface area contributed by atoms with Crippen LogP contribution in [0, 0.1) is 5.41 Å². The van der Waals surface area contributed by atoms with E-state index in [0.29, 0.717) is 23.8 Å². The minimum absolute atomic E-state index is 0.0753. The van der Waals surface area contributed by atoms with Crippen LogP contribution in [0.3, 0.4) is 0 Å². The Balaban J connectivity index is 1.91. The van der Waals surface area contributed by atoms with E-state index in [1.807, 2.05) is 13.8 Å². The highest BCUT2D eigenvalue weighted by atomic mass is 32.2. The molecule has 1 atom stereocenters. The van der Waals surface area contributed by atoms with Crippen molar-refractivity contribution < 1.29 is 22.7 Å². The number of rotatable bonds is 11. The number of sulfonamides is 1. The summed E-state index contributed by atoms with van der Waals surface area (Å²) in [4.78, 5) is 25.9. The van der Waals surface area contributed by atoms with E-state index in [0.717, 1.165) is 16.6 Å². The highest BCUT2D eigenvalue weighted by molar-refractivity contribution is 7.98. The molecule has 226 valence electrons. The van der Waals surface area contributed by atoms with Crippen LogP contribution in [0.25, 0.3) is 10.8 Å². The van der Waals surface area contributed by atoms with Gasteiger partial charge in [0.05, 0.1) is 12.2 Å². The first-order valence-electron chi connectivity index (χ1n) is 13.9. The number of hydrogen-bond donors (Lipinski definition) is 1. The minimum atomic E-state index is -3.99. The summed E-state index contributed by atoms with van der Waals surface area (Å²) >= 11 is 4.34. The molecular formula is C29H44AlN3O6S2. The lowest BCUT2D eigenvalue weighted by molar-refractivity contribution is -0.0596. The molecule has 2 aromatic rings. The van der Waals surface area contributed by atoms with Gasteiger partial charge in [-0.25, -0.2) is 13.2 Å². The van der Waals surface area contributed by atoms with Crippen LogP contribution in [0.2, 0.25) is 0 Å². The van der Waals surface area contributed by atoms with Gasteiger partial charge in [-0.1, -0.05) is 32.0 Å². The summed E-state index contributed by atoms with van der Waals surface area (Å²) in [5.74, 6) is 0.987. The van der Waals surface area contributed by atoms with Crippen molar-refractivity contribution in [1.82, 2.24) is 14.2 Å². The Bertz CT molecular complexity index is 1420. The van der Waals surface area contributed by atoms with Crippen molar-refractivity contribution in [2.24, 2.45) is 5.41 Å². The maximum atomic E-state index is 14.0. The zero-order chi connectivity index (χ0) is 30.8. The molecule has 2 heterocycles. The molecule has 1 aliphatic rings. The fourth-order valence-electron chi connectivity index (χ4n) is 4.69. The van der Waals surface area contributed by atoms with Crippen LogP contribution in [0.5, 0.6) is 0 Å². The number of aromatic nitrogens is 1. The molecule has 1 aliphatic heterocycles. The zero-order valence-electron chi connectivity index (χ0n) is 25.6. The van der Waals surface area contributed by atoms with E-state index in [4.69, 9.17) is 9.47 Å². The average molecular weight is 622 g/mol. The fourth-order valence-corrected chi connectivity index (χ4v) is 7.36. The number of benzene rings is 1. The molecule has 3 rings (SSSR count). The lowest BCUT2D eigenvalue weighted by atomic mass is 9.93. The van der Waals surface area contributed by atoms with Crippen molar-refractivity contribution in [2.75, 3.05) is 31.7 Å². The second-order valence-electron chi connectivity index (χ2n) is 13.2. The first-order chi connectivity index (χ1) is 18.8. The number of alkyl carbamates (subject to hydrolysis) is 1. The molecule has 0 aliphatic carbocycles. The summed E-state index contributed by atoms with van der Waals surface area (Å²) in [5, 5.41) is 3.51. The predicted molar refractivity (Wildman–Crippen MR) is 167 cm³/mol. The molecule has 0 saturated carbocycles. The van der Waals surface area contributed by atoms with Crippen molar-refractivity contribution in [3.8, 4) is 0 Å². The highest BCUT2D eigenvalue weighted by Gasteiger charge is 2.36.